The number of nitrogens with zero attached hydrogens (tertiary/aromatic N) is 2. The summed E-state index contributed by atoms with van der Waals surface area (Å²) in [6, 6.07) is 0. The molecule has 3 rings (SSSR count). The number of piperidine rings is 1. The Morgan fingerprint density at radius 3 is 2.77 bits per heavy atom. The van der Waals surface area contributed by atoms with E-state index < -0.39 is 5.54 Å². The van der Waals surface area contributed by atoms with E-state index in [0.717, 1.165) is 19.4 Å². The Kier molecular flexibility index (Phi) is 3.87. The molecule has 3 fully saturated rings. The van der Waals surface area contributed by atoms with Crippen LogP contribution in [0.3, 0.4) is 0 Å². The van der Waals surface area contributed by atoms with Crippen LogP contribution in [0.2, 0.25) is 0 Å². The summed E-state index contributed by atoms with van der Waals surface area (Å²) in [4.78, 5) is 27.8. The fourth-order valence-electron chi connectivity index (χ4n) is 3.62. The molecule has 0 bridgehead atoms. The minimum Gasteiger partial charge on any atom is -0.350 e. The van der Waals surface area contributed by atoms with Crippen molar-refractivity contribution in [3.63, 3.8) is 0 Å². The van der Waals surface area contributed by atoms with Crippen LogP contribution in [0.4, 0.5) is 0 Å². The van der Waals surface area contributed by atoms with E-state index in [1.54, 1.807) is 7.05 Å². The summed E-state index contributed by atoms with van der Waals surface area (Å²) in [5.41, 5.74) is -0.417. The summed E-state index contributed by atoms with van der Waals surface area (Å²) < 4.78 is 0. The van der Waals surface area contributed by atoms with Crippen LogP contribution in [0.15, 0.2) is 0 Å². The van der Waals surface area contributed by atoms with Gasteiger partial charge in [0.1, 0.15) is 0 Å². The van der Waals surface area contributed by atoms with Gasteiger partial charge in [0.2, 0.25) is 11.8 Å². The van der Waals surface area contributed by atoms with Crippen LogP contribution in [0, 0.1) is 17.2 Å². The van der Waals surface area contributed by atoms with Gasteiger partial charge in [-0.2, -0.15) is 0 Å². The maximum absolute atomic E-state index is 12.4. The third-order valence-corrected chi connectivity index (χ3v) is 5.47. The lowest BCUT2D eigenvalue weighted by Crippen LogP contribution is -2.65. The van der Waals surface area contributed by atoms with Crippen LogP contribution in [0.25, 0.3) is 0 Å². The maximum Gasteiger partial charge on any atom is 0.231 e. The molecule has 0 spiro atoms. The molecule has 0 radical (unpaired) electrons. The second-order valence-corrected chi connectivity index (χ2v) is 7.35. The van der Waals surface area contributed by atoms with E-state index >= 15 is 0 Å². The number of hydrogen-bond acceptors (Lipinski definition) is 3. The van der Waals surface area contributed by atoms with E-state index in [4.69, 9.17) is 5.41 Å². The van der Waals surface area contributed by atoms with Crippen LogP contribution in [0.1, 0.15) is 45.4 Å². The van der Waals surface area contributed by atoms with Crippen molar-refractivity contribution in [1.29, 1.82) is 5.41 Å². The topological polar surface area (TPSA) is 76.5 Å². The van der Waals surface area contributed by atoms with Crippen molar-refractivity contribution in [2.45, 2.75) is 51.0 Å². The predicted octanol–water partition coefficient (Wildman–Crippen LogP) is 1.17. The quantitative estimate of drug-likeness (QED) is 0.822. The molecule has 1 unspecified atom stereocenters. The van der Waals surface area contributed by atoms with Crippen molar-refractivity contribution in [2.24, 2.45) is 11.8 Å². The number of guanidine groups is 1. The molecule has 0 aromatic heterocycles. The standard InChI is InChI=1S/C16H26N4O2/c1-16(9-14(22)19(2)15(17)18-16)12-4-3-7-20(10-12)13(21)8-11-5-6-11/h11-12H,3-10H2,1-2H3,(H2,17,18)/t12?,16-/m0/s1. The van der Waals surface area contributed by atoms with Crippen molar-refractivity contribution in [1.82, 2.24) is 15.1 Å². The van der Waals surface area contributed by atoms with Gasteiger partial charge in [-0.1, -0.05) is 0 Å². The van der Waals surface area contributed by atoms with E-state index in [0.29, 0.717) is 25.3 Å². The minimum absolute atomic E-state index is 0.0207. The minimum atomic E-state index is -0.417. The number of hydrogen-bond donors (Lipinski definition) is 2. The summed E-state index contributed by atoms with van der Waals surface area (Å²) >= 11 is 0. The highest BCUT2D eigenvalue weighted by atomic mass is 16.2. The zero-order valence-electron chi connectivity index (χ0n) is 13.5. The average Bonchev–Trinajstić information content (AvgIpc) is 3.29. The lowest BCUT2D eigenvalue weighted by molar-refractivity contribution is -0.134. The summed E-state index contributed by atoms with van der Waals surface area (Å²) in [7, 11) is 1.63. The van der Waals surface area contributed by atoms with Crippen molar-refractivity contribution >= 4 is 17.8 Å². The smallest absolute Gasteiger partial charge is 0.231 e. The first-order valence-electron chi connectivity index (χ1n) is 8.30. The Morgan fingerprint density at radius 1 is 1.41 bits per heavy atom. The molecule has 2 N–H and O–H groups in total. The highest BCUT2D eigenvalue weighted by molar-refractivity contribution is 5.98. The largest absolute Gasteiger partial charge is 0.350 e. The van der Waals surface area contributed by atoms with Gasteiger partial charge in [-0.15, -0.1) is 0 Å². The van der Waals surface area contributed by atoms with Crippen molar-refractivity contribution in [3.8, 4) is 0 Å². The number of likely N-dealkylation sites (tertiary alicyclic amines) is 1. The Hall–Kier alpha value is -1.59. The number of nitrogens with one attached hydrogen (secondary N) is 2. The first-order chi connectivity index (χ1) is 10.4. The van der Waals surface area contributed by atoms with E-state index in [1.807, 2.05) is 11.8 Å². The van der Waals surface area contributed by atoms with E-state index in [1.165, 1.54) is 17.7 Å². The molecule has 6 nitrogen and oxygen atoms in total. The molecule has 0 aromatic carbocycles. The first kappa shape index (κ1) is 15.3. The zero-order chi connectivity index (χ0) is 15.9. The van der Waals surface area contributed by atoms with E-state index in [-0.39, 0.29) is 23.7 Å². The highest BCUT2D eigenvalue weighted by Crippen LogP contribution is 2.35. The zero-order valence-corrected chi connectivity index (χ0v) is 13.5. The molecule has 22 heavy (non-hydrogen) atoms. The molecule has 2 atom stereocenters. The molecule has 0 aromatic rings. The number of rotatable bonds is 3. The Bertz CT molecular complexity index is 482. The van der Waals surface area contributed by atoms with Crippen LogP contribution in [-0.2, 0) is 9.59 Å². The third-order valence-electron chi connectivity index (χ3n) is 5.47. The van der Waals surface area contributed by atoms with Crippen molar-refractivity contribution in [2.75, 3.05) is 20.1 Å². The molecular weight excluding hydrogens is 280 g/mol. The van der Waals surface area contributed by atoms with Gasteiger partial charge in [0.15, 0.2) is 5.96 Å². The van der Waals surface area contributed by atoms with Crippen LogP contribution < -0.4 is 5.32 Å². The van der Waals surface area contributed by atoms with Crippen LogP contribution in [0.5, 0.6) is 0 Å². The molecule has 6 heteroatoms. The molecule has 122 valence electrons. The molecule has 2 amide bonds. The molecule has 3 aliphatic rings. The Morgan fingerprint density at radius 2 is 2.14 bits per heavy atom. The van der Waals surface area contributed by atoms with Gasteiger partial charge in [0.25, 0.3) is 0 Å². The van der Waals surface area contributed by atoms with Crippen molar-refractivity contribution in [3.05, 3.63) is 0 Å². The molecule has 2 saturated heterocycles. The molecular formula is C16H26N4O2. The van der Waals surface area contributed by atoms with Gasteiger partial charge < -0.3 is 10.2 Å². The lowest BCUT2D eigenvalue weighted by Gasteiger charge is -2.47. The molecule has 2 heterocycles. The van der Waals surface area contributed by atoms with E-state index in [2.05, 4.69) is 5.32 Å². The second-order valence-electron chi connectivity index (χ2n) is 7.35. The van der Waals surface area contributed by atoms with Gasteiger partial charge in [-0.05, 0) is 44.4 Å². The SMILES string of the molecule is CN1C(=N)N[C@](C)(C2CCCN(C(=O)CC3CC3)C2)CC1=O. The Labute approximate surface area is 131 Å². The highest BCUT2D eigenvalue weighted by Gasteiger charge is 2.44. The fourth-order valence-corrected chi connectivity index (χ4v) is 3.62. The van der Waals surface area contributed by atoms with Gasteiger partial charge >= 0.3 is 0 Å². The number of amides is 2. The first-order valence-corrected chi connectivity index (χ1v) is 8.30. The van der Waals surface area contributed by atoms with Gasteiger partial charge in [-0.3, -0.25) is 19.9 Å². The van der Waals surface area contributed by atoms with Crippen LogP contribution in [-0.4, -0.2) is 53.2 Å². The Balaban J connectivity index is 1.66. The van der Waals surface area contributed by atoms with Crippen LogP contribution >= 0.6 is 0 Å². The number of carbonyl (C=O) groups is 2. The second kappa shape index (κ2) is 5.56. The molecule has 1 saturated carbocycles. The normalized spacial score (nSPS) is 32.9. The van der Waals surface area contributed by atoms with E-state index in [9.17, 15) is 9.59 Å². The molecule has 1 aliphatic carbocycles. The van der Waals surface area contributed by atoms with Gasteiger partial charge in [0.05, 0.1) is 12.0 Å². The summed E-state index contributed by atoms with van der Waals surface area (Å²) in [6.07, 6.45) is 5.45. The van der Waals surface area contributed by atoms with Gasteiger partial charge in [-0.25, -0.2) is 0 Å². The molecule has 2 aliphatic heterocycles. The average molecular weight is 306 g/mol. The fraction of sp³-hybridized carbons (Fsp3) is 0.812. The van der Waals surface area contributed by atoms with Gasteiger partial charge in [0, 0.05) is 26.6 Å². The summed E-state index contributed by atoms with van der Waals surface area (Å²) in [6.45, 7) is 3.56. The van der Waals surface area contributed by atoms with Crippen molar-refractivity contribution < 1.29 is 9.59 Å². The predicted molar refractivity (Wildman–Crippen MR) is 83.3 cm³/mol. The monoisotopic (exact) mass is 306 g/mol. The third kappa shape index (κ3) is 2.96. The lowest BCUT2D eigenvalue weighted by atomic mass is 9.76. The summed E-state index contributed by atoms with van der Waals surface area (Å²) in [5, 5.41) is 11.2. The summed E-state index contributed by atoms with van der Waals surface area (Å²) in [5.74, 6) is 1.25. The number of carbonyl (C=O) groups excluding carboxylic acids is 2. The maximum atomic E-state index is 12.4.